The molecule has 0 bridgehead atoms. The van der Waals surface area contributed by atoms with Crippen LogP contribution < -0.4 is 5.32 Å². The van der Waals surface area contributed by atoms with Gasteiger partial charge < -0.3 is 15.0 Å². The number of likely N-dealkylation sites (tertiary alicyclic amines) is 1. The van der Waals surface area contributed by atoms with Crippen LogP contribution in [0.15, 0.2) is 48.8 Å². The van der Waals surface area contributed by atoms with Crippen LogP contribution >= 0.6 is 11.6 Å². The Hall–Kier alpha value is -3.93. The Bertz CT molecular complexity index is 1470. The second-order valence-electron chi connectivity index (χ2n) is 10.2. The number of hydrogen-bond donors (Lipinski definition) is 1. The van der Waals surface area contributed by atoms with Gasteiger partial charge in [0.2, 0.25) is 11.8 Å². The van der Waals surface area contributed by atoms with Crippen molar-refractivity contribution >= 4 is 41.0 Å². The van der Waals surface area contributed by atoms with E-state index in [2.05, 4.69) is 25.7 Å². The van der Waals surface area contributed by atoms with Gasteiger partial charge in [0.05, 0.1) is 31.4 Å². The molecule has 1 aromatic heterocycles. The summed E-state index contributed by atoms with van der Waals surface area (Å²) in [7, 11) is 0. The van der Waals surface area contributed by atoms with Crippen LogP contribution in [0.3, 0.4) is 0 Å². The molecule has 3 aliphatic heterocycles. The summed E-state index contributed by atoms with van der Waals surface area (Å²) in [5.41, 5.74) is 3.86. The van der Waals surface area contributed by atoms with Crippen LogP contribution in [0, 0.1) is 0 Å². The quantitative estimate of drug-likeness (QED) is 0.434. The van der Waals surface area contributed by atoms with Crippen LogP contribution in [0.2, 0.25) is 5.02 Å². The van der Waals surface area contributed by atoms with Gasteiger partial charge in [0.15, 0.2) is 5.78 Å². The van der Waals surface area contributed by atoms with Gasteiger partial charge in [-0.1, -0.05) is 23.7 Å². The van der Waals surface area contributed by atoms with Crippen LogP contribution in [0.1, 0.15) is 23.1 Å². The maximum absolute atomic E-state index is 13.7. The highest BCUT2D eigenvalue weighted by atomic mass is 35.5. The predicted molar refractivity (Wildman–Crippen MR) is 147 cm³/mol. The molecule has 2 atom stereocenters. The summed E-state index contributed by atoms with van der Waals surface area (Å²) in [6.07, 6.45) is 5.69. The number of nitrogens with zero attached hydrogens (tertiary/aromatic N) is 6. The smallest absolute Gasteiger partial charge is 0.247 e. The SMILES string of the molecule is O=C1Cc2cc(CC(=O)[C@@H]3C[C@H](N4CCOCC4)CN3C(=O)/C=C/c3cc(Cl)ccc3-n3cnnn3)ccc2N1. The van der Waals surface area contributed by atoms with Crippen molar-refractivity contribution in [2.75, 3.05) is 38.2 Å². The normalized spacial score (nSPS) is 21.1. The van der Waals surface area contributed by atoms with E-state index in [0.717, 1.165) is 29.9 Å². The van der Waals surface area contributed by atoms with E-state index in [0.29, 0.717) is 48.9 Å². The molecule has 12 heteroatoms. The molecule has 0 spiro atoms. The molecule has 206 valence electrons. The number of Topliss-reactive ketones (excluding diaryl/α,β-unsaturated/α-hetero) is 1. The molecule has 2 aromatic carbocycles. The number of nitrogens with one attached hydrogen (secondary N) is 1. The van der Waals surface area contributed by atoms with Crippen molar-refractivity contribution in [3.8, 4) is 5.69 Å². The summed E-state index contributed by atoms with van der Waals surface area (Å²) in [6, 6.07) is 10.4. The van der Waals surface area contributed by atoms with Crippen molar-refractivity contribution in [3.63, 3.8) is 0 Å². The largest absolute Gasteiger partial charge is 0.379 e. The zero-order chi connectivity index (χ0) is 27.6. The number of hydrogen-bond acceptors (Lipinski definition) is 8. The average molecular weight is 562 g/mol. The molecule has 4 heterocycles. The molecule has 0 unspecified atom stereocenters. The summed E-state index contributed by atoms with van der Waals surface area (Å²) in [6.45, 7) is 3.27. The van der Waals surface area contributed by atoms with Crippen molar-refractivity contribution in [3.05, 3.63) is 70.5 Å². The fourth-order valence-electron chi connectivity index (χ4n) is 5.68. The molecule has 3 aliphatic rings. The third-order valence-electron chi connectivity index (χ3n) is 7.66. The lowest BCUT2D eigenvalue weighted by Crippen LogP contribution is -2.45. The molecule has 6 rings (SSSR count). The molecule has 0 radical (unpaired) electrons. The molecule has 1 N–H and O–H groups in total. The number of ether oxygens (including phenoxy) is 1. The van der Waals surface area contributed by atoms with Crippen molar-refractivity contribution in [1.29, 1.82) is 0 Å². The average Bonchev–Trinajstić information content (AvgIpc) is 3.71. The van der Waals surface area contributed by atoms with Gasteiger partial charge in [-0.2, -0.15) is 4.68 Å². The lowest BCUT2D eigenvalue weighted by Gasteiger charge is -2.31. The van der Waals surface area contributed by atoms with Crippen LogP contribution in [0.5, 0.6) is 0 Å². The number of morpholine rings is 1. The minimum Gasteiger partial charge on any atom is -0.379 e. The Morgan fingerprint density at radius 2 is 2.00 bits per heavy atom. The minimum absolute atomic E-state index is 0.0214. The molecule has 11 nitrogen and oxygen atoms in total. The van der Waals surface area contributed by atoms with Crippen LogP contribution in [-0.4, -0.2) is 92.5 Å². The molecule has 3 aromatic rings. The number of carbonyl (C=O) groups excluding carboxylic acids is 3. The molecular weight excluding hydrogens is 534 g/mol. The first-order valence-electron chi connectivity index (χ1n) is 13.2. The van der Waals surface area contributed by atoms with Gasteiger partial charge in [0.1, 0.15) is 6.33 Å². The summed E-state index contributed by atoms with van der Waals surface area (Å²) < 4.78 is 7.01. The van der Waals surface area contributed by atoms with Gasteiger partial charge >= 0.3 is 0 Å². The summed E-state index contributed by atoms with van der Waals surface area (Å²) >= 11 is 6.24. The maximum Gasteiger partial charge on any atom is 0.247 e. The van der Waals surface area contributed by atoms with E-state index in [9.17, 15) is 14.4 Å². The topological polar surface area (TPSA) is 123 Å². The van der Waals surface area contributed by atoms with Crippen LogP contribution in [0.4, 0.5) is 5.69 Å². The second-order valence-corrected chi connectivity index (χ2v) is 10.6. The summed E-state index contributed by atoms with van der Waals surface area (Å²) in [5, 5.41) is 14.7. The number of anilines is 1. The Morgan fingerprint density at radius 1 is 1.15 bits per heavy atom. The first-order valence-corrected chi connectivity index (χ1v) is 13.6. The van der Waals surface area contributed by atoms with Crippen molar-refractivity contribution in [2.45, 2.75) is 31.3 Å². The van der Waals surface area contributed by atoms with Crippen LogP contribution in [0.25, 0.3) is 11.8 Å². The number of aromatic nitrogens is 4. The molecule has 2 fully saturated rings. The standard InChI is InChI=1S/C28H28ClN7O4/c29-21-3-5-24(36-17-30-32-33-36)19(13-21)2-6-28(39)35-16-22(34-7-9-40-10-8-34)15-25(35)26(37)12-18-1-4-23-20(11-18)14-27(38)31-23/h1-6,11,13,17,22,25H,7-10,12,14-16H2,(H,31,38)/b6-2+/t22-,25-/m0/s1. The zero-order valence-corrected chi connectivity index (χ0v) is 22.5. The first-order chi connectivity index (χ1) is 19.4. The molecule has 0 saturated carbocycles. The molecule has 40 heavy (non-hydrogen) atoms. The highest BCUT2D eigenvalue weighted by Gasteiger charge is 2.41. The molecule has 0 aliphatic carbocycles. The number of rotatable bonds is 7. The first kappa shape index (κ1) is 26.3. The van der Waals surface area contributed by atoms with Gasteiger partial charge in [-0.15, -0.1) is 5.10 Å². The van der Waals surface area contributed by atoms with Crippen molar-refractivity contribution in [1.82, 2.24) is 30.0 Å². The van der Waals surface area contributed by atoms with Gasteiger partial charge in [-0.3, -0.25) is 19.3 Å². The number of fused-ring (bicyclic) bond motifs is 1. The van der Waals surface area contributed by atoms with Gasteiger partial charge in [-0.25, -0.2) is 0 Å². The number of ketones is 1. The summed E-state index contributed by atoms with van der Waals surface area (Å²) in [4.78, 5) is 43.0. The summed E-state index contributed by atoms with van der Waals surface area (Å²) in [5.74, 6) is -0.318. The Balaban J connectivity index is 1.23. The van der Waals surface area contributed by atoms with E-state index in [4.69, 9.17) is 16.3 Å². The Labute approximate surface area is 235 Å². The fraction of sp³-hybridized carbons (Fsp3) is 0.357. The highest BCUT2D eigenvalue weighted by molar-refractivity contribution is 6.30. The number of benzene rings is 2. The molecule has 2 saturated heterocycles. The fourth-order valence-corrected chi connectivity index (χ4v) is 5.86. The van der Waals surface area contributed by atoms with Gasteiger partial charge in [-0.05, 0) is 58.3 Å². The van der Waals surface area contributed by atoms with Gasteiger partial charge in [0.25, 0.3) is 0 Å². The van der Waals surface area contributed by atoms with E-state index in [1.807, 2.05) is 18.2 Å². The zero-order valence-electron chi connectivity index (χ0n) is 21.7. The van der Waals surface area contributed by atoms with Crippen LogP contribution in [-0.2, 0) is 32.0 Å². The lowest BCUT2D eigenvalue weighted by molar-refractivity contribution is -0.133. The number of tetrazole rings is 1. The third kappa shape index (κ3) is 5.53. The van der Waals surface area contributed by atoms with E-state index in [1.165, 1.54) is 17.1 Å². The molecular formula is C28H28ClN7O4. The van der Waals surface area contributed by atoms with E-state index in [-0.39, 0.29) is 30.1 Å². The Morgan fingerprint density at radius 3 is 2.80 bits per heavy atom. The minimum atomic E-state index is -0.559. The maximum atomic E-state index is 13.7. The number of carbonyl (C=O) groups is 3. The van der Waals surface area contributed by atoms with E-state index < -0.39 is 6.04 Å². The van der Waals surface area contributed by atoms with Crippen molar-refractivity contribution < 1.29 is 19.1 Å². The third-order valence-corrected chi connectivity index (χ3v) is 7.89. The van der Waals surface area contributed by atoms with E-state index >= 15 is 0 Å². The number of halogens is 1. The van der Waals surface area contributed by atoms with Crippen molar-refractivity contribution in [2.24, 2.45) is 0 Å². The lowest BCUT2D eigenvalue weighted by atomic mass is 9.98. The number of amides is 2. The van der Waals surface area contributed by atoms with Gasteiger partial charge in [0, 0.05) is 54.4 Å². The Kier molecular flexibility index (Phi) is 7.42. The second kappa shape index (κ2) is 11.3. The molecule has 2 amide bonds. The monoisotopic (exact) mass is 561 g/mol. The highest BCUT2D eigenvalue weighted by Crippen LogP contribution is 2.28. The predicted octanol–water partition coefficient (Wildman–Crippen LogP) is 1.94. The van der Waals surface area contributed by atoms with E-state index in [1.54, 1.807) is 29.2 Å².